The zero-order valence-electron chi connectivity index (χ0n) is 9.48. The molecule has 2 atom stereocenters. The molecule has 0 aliphatic heterocycles. The van der Waals surface area contributed by atoms with Crippen molar-refractivity contribution >= 4 is 0 Å². The van der Waals surface area contributed by atoms with Crippen molar-refractivity contribution in [3.63, 3.8) is 0 Å². The van der Waals surface area contributed by atoms with Gasteiger partial charge in [-0.25, -0.2) is 0 Å². The SMILES string of the molecule is COCCCOCCOC1CCC(O)C1. The van der Waals surface area contributed by atoms with E-state index in [0.717, 1.165) is 38.9 Å². The molecule has 0 bridgehead atoms. The van der Waals surface area contributed by atoms with Crippen LogP contribution in [0.4, 0.5) is 0 Å². The molecule has 90 valence electrons. The normalized spacial score (nSPS) is 26.0. The summed E-state index contributed by atoms with van der Waals surface area (Å²) < 4.78 is 15.8. The van der Waals surface area contributed by atoms with Crippen LogP contribution in [0, 0.1) is 0 Å². The van der Waals surface area contributed by atoms with E-state index in [1.54, 1.807) is 7.11 Å². The van der Waals surface area contributed by atoms with Crippen molar-refractivity contribution in [2.45, 2.75) is 37.9 Å². The van der Waals surface area contributed by atoms with Gasteiger partial charge in [0.15, 0.2) is 0 Å². The van der Waals surface area contributed by atoms with Crippen molar-refractivity contribution in [2.24, 2.45) is 0 Å². The van der Waals surface area contributed by atoms with Crippen LogP contribution in [0.3, 0.4) is 0 Å². The summed E-state index contributed by atoms with van der Waals surface area (Å²) in [5.41, 5.74) is 0. The highest BCUT2D eigenvalue weighted by molar-refractivity contribution is 4.74. The van der Waals surface area contributed by atoms with E-state index >= 15 is 0 Å². The van der Waals surface area contributed by atoms with Gasteiger partial charge in [-0.05, 0) is 25.7 Å². The zero-order valence-corrected chi connectivity index (χ0v) is 9.48. The van der Waals surface area contributed by atoms with Crippen molar-refractivity contribution < 1.29 is 19.3 Å². The maximum absolute atomic E-state index is 9.27. The molecule has 0 aromatic carbocycles. The lowest BCUT2D eigenvalue weighted by molar-refractivity contribution is -0.000312. The predicted octanol–water partition coefficient (Wildman–Crippen LogP) is 0.969. The van der Waals surface area contributed by atoms with E-state index in [0.29, 0.717) is 13.2 Å². The lowest BCUT2D eigenvalue weighted by Crippen LogP contribution is -2.14. The van der Waals surface area contributed by atoms with Crippen LogP contribution in [0.1, 0.15) is 25.7 Å². The van der Waals surface area contributed by atoms with Gasteiger partial charge in [0.25, 0.3) is 0 Å². The Balaban J connectivity index is 1.81. The number of hydrogen-bond acceptors (Lipinski definition) is 4. The summed E-state index contributed by atoms with van der Waals surface area (Å²) in [4.78, 5) is 0. The Labute approximate surface area is 91.5 Å². The third-order valence-electron chi connectivity index (χ3n) is 2.58. The molecule has 0 heterocycles. The molecule has 15 heavy (non-hydrogen) atoms. The Morgan fingerprint density at radius 1 is 1.13 bits per heavy atom. The van der Waals surface area contributed by atoms with E-state index in [-0.39, 0.29) is 12.2 Å². The van der Waals surface area contributed by atoms with Gasteiger partial charge < -0.3 is 19.3 Å². The summed E-state index contributed by atoms with van der Waals surface area (Å²) in [5.74, 6) is 0. The highest BCUT2D eigenvalue weighted by atomic mass is 16.5. The molecule has 1 rings (SSSR count). The number of aliphatic hydroxyl groups is 1. The van der Waals surface area contributed by atoms with Crippen LogP contribution in [-0.4, -0.2) is 50.9 Å². The van der Waals surface area contributed by atoms with Crippen LogP contribution in [0.15, 0.2) is 0 Å². The predicted molar refractivity (Wildman–Crippen MR) is 56.9 cm³/mol. The number of hydrogen-bond donors (Lipinski definition) is 1. The minimum atomic E-state index is -0.155. The molecule has 4 nitrogen and oxygen atoms in total. The molecular weight excluding hydrogens is 196 g/mol. The van der Waals surface area contributed by atoms with E-state index < -0.39 is 0 Å². The monoisotopic (exact) mass is 218 g/mol. The summed E-state index contributed by atoms with van der Waals surface area (Å²) in [5, 5.41) is 9.27. The minimum Gasteiger partial charge on any atom is -0.393 e. The van der Waals surface area contributed by atoms with Gasteiger partial charge >= 0.3 is 0 Å². The van der Waals surface area contributed by atoms with Crippen molar-refractivity contribution in [3.05, 3.63) is 0 Å². The van der Waals surface area contributed by atoms with Gasteiger partial charge in [0.05, 0.1) is 25.4 Å². The minimum absolute atomic E-state index is 0.155. The molecule has 4 heteroatoms. The first-order valence-corrected chi connectivity index (χ1v) is 5.69. The summed E-state index contributed by atoms with van der Waals surface area (Å²) in [6.45, 7) is 2.74. The largest absolute Gasteiger partial charge is 0.393 e. The third kappa shape index (κ3) is 6.10. The molecule has 1 N–H and O–H groups in total. The van der Waals surface area contributed by atoms with Crippen LogP contribution in [0.5, 0.6) is 0 Å². The van der Waals surface area contributed by atoms with Gasteiger partial charge in [-0.2, -0.15) is 0 Å². The number of aliphatic hydroxyl groups excluding tert-OH is 1. The van der Waals surface area contributed by atoms with Gasteiger partial charge in [-0.1, -0.05) is 0 Å². The Bertz CT molecular complexity index is 152. The molecule has 1 saturated carbocycles. The number of methoxy groups -OCH3 is 1. The van der Waals surface area contributed by atoms with Crippen LogP contribution >= 0.6 is 0 Å². The molecule has 1 aliphatic carbocycles. The highest BCUT2D eigenvalue weighted by Gasteiger charge is 2.22. The van der Waals surface area contributed by atoms with Crippen molar-refractivity contribution in [2.75, 3.05) is 33.5 Å². The molecule has 0 radical (unpaired) electrons. The Kier molecular flexibility index (Phi) is 6.92. The average molecular weight is 218 g/mol. The van der Waals surface area contributed by atoms with Crippen molar-refractivity contribution in [1.29, 1.82) is 0 Å². The van der Waals surface area contributed by atoms with Gasteiger partial charge in [0.2, 0.25) is 0 Å². The molecular formula is C11H22O4. The van der Waals surface area contributed by atoms with Gasteiger partial charge in [0, 0.05) is 20.3 Å². The molecule has 0 amide bonds. The van der Waals surface area contributed by atoms with Crippen LogP contribution in [-0.2, 0) is 14.2 Å². The van der Waals surface area contributed by atoms with E-state index in [2.05, 4.69) is 0 Å². The molecule has 0 spiro atoms. The smallest absolute Gasteiger partial charge is 0.0704 e. The highest BCUT2D eigenvalue weighted by Crippen LogP contribution is 2.21. The van der Waals surface area contributed by atoms with Gasteiger partial charge in [-0.3, -0.25) is 0 Å². The standard InChI is InChI=1S/C11H22O4/c1-13-5-2-6-14-7-8-15-11-4-3-10(12)9-11/h10-12H,2-9H2,1H3. The zero-order chi connectivity index (χ0) is 10.9. The second kappa shape index (κ2) is 8.05. The van der Waals surface area contributed by atoms with E-state index in [4.69, 9.17) is 14.2 Å². The maximum atomic E-state index is 9.27. The molecule has 2 unspecified atom stereocenters. The fourth-order valence-corrected chi connectivity index (χ4v) is 1.75. The van der Waals surface area contributed by atoms with Gasteiger partial charge in [0.1, 0.15) is 0 Å². The Hall–Kier alpha value is -0.160. The first-order chi connectivity index (χ1) is 7.33. The van der Waals surface area contributed by atoms with Crippen molar-refractivity contribution in [3.8, 4) is 0 Å². The Morgan fingerprint density at radius 3 is 2.67 bits per heavy atom. The molecule has 1 fully saturated rings. The summed E-state index contributed by atoms with van der Waals surface area (Å²) in [7, 11) is 1.69. The second-order valence-electron chi connectivity index (χ2n) is 3.92. The first kappa shape index (κ1) is 12.9. The fourth-order valence-electron chi connectivity index (χ4n) is 1.75. The lowest BCUT2D eigenvalue weighted by atomic mass is 10.3. The van der Waals surface area contributed by atoms with Crippen molar-refractivity contribution in [1.82, 2.24) is 0 Å². The molecule has 0 aromatic rings. The third-order valence-corrected chi connectivity index (χ3v) is 2.58. The van der Waals surface area contributed by atoms with Crippen LogP contribution in [0.25, 0.3) is 0 Å². The second-order valence-corrected chi connectivity index (χ2v) is 3.92. The average Bonchev–Trinajstić information content (AvgIpc) is 2.63. The fraction of sp³-hybridized carbons (Fsp3) is 1.00. The van der Waals surface area contributed by atoms with Crippen LogP contribution in [0.2, 0.25) is 0 Å². The topological polar surface area (TPSA) is 47.9 Å². The molecule has 1 aliphatic rings. The number of rotatable bonds is 8. The van der Waals surface area contributed by atoms with Crippen LogP contribution < -0.4 is 0 Å². The van der Waals surface area contributed by atoms with Gasteiger partial charge in [-0.15, -0.1) is 0 Å². The van der Waals surface area contributed by atoms with E-state index in [9.17, 15) is 5.11 Å². The first-order valence-electron chi connectivity index (χ1n) is 5.69. The maximum Gasteiger partial charge on any atom is 0.0704 e. The van der Waals surface area contributed by atoms with E-state index in [1.807, 2.05) is 0 Å². The van der Waals surface area contributed by atoms with E-state index in [1.165, 1.54) is 0 Å². The summed E-state index contributed by atoms with van der Waals surface area (Å²) in [6.07, 6.45) is 3.65. The molecule has 0 saturated heterocycles. The summed E-state index contributed by atoms with van der Waals surface area (Å²) >= 11 is 0. The molecule has 0 aromatic heterocycles. The lowest BCUT2D eigenvalue weighted by Gasteiger charge is -2.11. The quantitative estimate of drug-likeness (QED) is 0.617. The summed E-state index contributed by atoms with van der Waals surface area (Å²) in [6, 6.07) is 0. The number of ether oxygens (including phenoxy) is 3. The Morgan fingerprint density at radius 2 is 2.00 bits per heavy atom.